The van der Waals surface area contributed by atoms with Gasteiger partial charge in [-0.2, -0.15) is 0 Å². The molecular formula is C9H14N2O4. The van der Waals surface area contributed by atoms with Crippen LogP contribution in [0.25, 0.3) is 0 Å². The van der Waals surface area contributed by atoms with Gasteiger partial charge in [0.1, 0.15) is 11.8 Å². The Kier molecular flexibility index (Phi) is 3.41. The number of amides is 2. The number of likely N-dealkylation sites (tertiary alicyclic amines) is 1. The van der Waals surface area contributed by atoms with Crippen molar-refractivity contribution in [2.45, 2.75) is 31.9 Å². The van der Waals surface area contributed by atoms with Gasteiger partial charge in [0, 0.05) is 13.0 Å². The van der Waals surface area contributed by atoms with Crippen molar-refractivity contribution in [3.8, 4) is 0 Å². The van der Waals surface area contributed by atoms with Crippen LogP contribution in [0.3, 0.4) is 0 Å². The van der Waals surface area contributed by atoms with Crippen LogP contribution in [-0.4, -0.2) is 46.3 Å². The fourth-order valence-electron chi connectivity index (χ4n) is 1.67. The molecule has 1 rings (SSSR count). The van der Waals surface area contributed by atoms with Crippen LogP contribution < -0.4 is 5.73 Å². The Morgan fingerprint density at radius 3 is 2.53 bits per heavy atom. The summed E-state index contributed by atoms with van der Waals surface area (Å²) in [6, 6.07) is -0.785. The molecule has 1 heterocycles. The van der Waals surface area contributed by atoms with Gasteiger partial charge in [0.25, 0.3) is 0 Å². The second kappa shape index (κ2) is 4.39. The summed E-state index contributed by atoms with van der Waals surface area (Å²) < 4.78 is 0. The van der Waals surface area contributed by atoms with Crippen molar-refractivity contribution in [3.05, 3.63) is 0 Å². The van der Waals surface area contributed by atoms with Crippen molar-refractivity contribution >= 4 is 17.6 Å². The number of nitrogens with zero attached hydrogens (tertiary/aromatic N) is 1. The highest BCUT2D eigenvalue weighted by Gasteiger charge is 2.37. The van der Waals surface area contributed by atoms with Crippen molar-refractivity contribution in [1.29, 1.82) is 0 Å². The molecule has 0 aromatic heterocycles. The van der Waals surface area contributed by atoms with Gasteiger partial charge in [0.2, 0.25) is 11.8 Å². The largest absolute Gasteiger partial charge is 0.391 e. The van der Waals surface area contributed by atoms with Crippen LogP contribution in [0.4, 0.5) is 0 Å². The lowest BCUT2D eigenvalue weighted by atomic mass is 10.2. The Hall–Kier alpha value is -1.43. The van der Waals surface area contributed by atoms with Gasteiger partial charge in [-0.25, -0.2) is 0 Å². The highest BCUT2D eigenvalue weighted by Crippen LogP contribution is 2.18. The number of hydrogen-bond donors (Lipinski definition) is 2. The van der Waals surface area contributed by atoms with Crippen molar-refractivity contribution in [2.24, 2.45) is 5.73 Å². The van der Waals surface area contributed by atoms with Crippen LogP contribution >= 0.6 is 0 Å². The Bertz CT molecular complexity index is 302. The summed E-state index contributed by atoms with van der Waals surface area (Å²) in [7, 11) is 0. The molecule has 15 heavy (non-hydrogen) atoms. The van der Waals surface area contributed by atoms with E-state index in [1.807, 2.05) is 0 Å². The van der Waals surface area contributed by atoms with Crippen molar-refractivity contribution < 1.29 is 19.5 Å². The predicted molar refractivity (Wildman–Crippen MR) is 50.6 cm³/mol. The van der Waals surface area contributed by atoms with Crippen LogP contribution in [0.5, 0.6) is 0 Å². The number of nitrogens with two attached hydrogens (primary N) is 1. The summed E-state index contributed by atoms with van der Waals surface area (Å²) in [4.78, 5) is 34.4. The number of aliphatic hydroxyl groups is 1. The first-order valence-corrected chi connectivity index (χ1v) is 4.68. The molecule has 0 aliphatic carbocycles. The SMILES string of the molecule is CC(=O)CC(=O)N1CC(O)CC1C(N)=O. The minimum atomic E-state index is -0.785. The lowest BCUT2D eigenvalue weighted by molar-refractivity contribution is -0.139. The zero-order chi connectivity index (χ0) is 11.6. The molecule has 0 aromatic rings. The number of carbonyl (C=O) groups is 3. The molecule has 2 amide bonds. The van der Waals surface area contributed by atoms with E-state index in [0.29, 0.717) is 0 Å². The second-order valence-electron chi connectivity index (χ2n) is 3.73. The number of Topliss-reactive ketones (excluding diaryl/α,β-unsaturated/α-hetero) is 1. The van der Waals surface area contributed by atoms with Gasteiger partial charge in [-0.3, -0.25) is 14.4 Å². The third kappa shape index (κ3) is 2.76. The van der Waals surface area contributed by atoms with Crippen LogP contribution in [0.15, 0.2) is 0 Å². The number of β-amino-alcohol motifs (C(OH)–C–C–N with tert-alkyl or cyclic N) is 1. The van der Waals surface area contributed by atoms with E-state index in [4.69, 9.17) is 5.73 Å². The first-order chi connectivity index (χ1) is 6.91. The number of ketones is 1. The molecule has 1 saturated heterocycles. The van der Waals surface area contributed by atoms with Crippen LogP contribution in [0.2, 0.25) is 0 Å². The van der Waals surface area contributed by atoms with E-state index in [1.165, 1.54) is 11.8 Å². The van der Waals surface area contributed by atoms with Crippen molar-refractivity contribution in [3.63, 3.8) is 0 Å². The van der Waals surface area contributed by atoms with Gasteiger partial charge in [-0.05, 0) is 6.92 Å². The first kappa shape index (κ1) is 11.6. The quantitative estimate of drug-likeness (QED) is 0.553. The minimum Gasteiger partial charge on any atom is -0.391 e. The standard InChI is InChI=1S/C9H14N2O4/c1-5(12)2-8(14)11-4-6(13)3-7(11)9(10)15/h6-7,13H,2-4H2,1H3,(H2,10,15). The molecule has 0 radical (unpaired) electrons. The number of hydrogen-bond acceptors (Lipinski definition) is 4. The number of aliphatic hydroxyl groups excluding tert-OH is 1. The van der Waals surface area contributed by atoms with Crippen LogP contribution in [-0.2, 0) is 14.4 Å². The molecule has 6 nitrogen and oxygen atoms in total. The molecule has 0 aromatic carbocycles. The molecule has 0 saturated carbocycles. The molecule has 1 fully saturated rings. The molecule has 0 bridgehead atoms. The molecule has 1 aliphatic heterocycles. The van der Waals surface area contributed by atoms with Gasteiger partial charge in [-0.15, -0.1) is 0 Å². The maximum absolute atomic E-state index is 11.5. The Balaban J connectivity index is 2.70. The molecule has 0 spiro atoms. The van der Waals surface area contributed by atoms with Crippen molar-refractivity contribution in [2.75, 3.05) is 6.54 Å². The second-order valence-corrected chi connectivity index (χ2v) is 3.73. The number of rotatable bonds is 3. The third-order valence-electron chi connectivity index (χ3n) is 2.33. The fourth-order valence-corrected chi connectivity index (χ4v) is 1.67. The van der Waals surface area contributed by atoms with Gasteiger partial charge in [0.05, 0.1) is 12.5 Å². The van der Waals surface area contributed by atoms with Crippen molar-refractivity contribution in [1.82, 2.24) is 4.90 Å². The highest BCUT2D eigenvalue weighted by molar-refractivity contribution is 5.98. The predicted octanol–water partition coefficient (Wildman–Crippen LogP) is -1.59. The summed E-state index contributed by atoms with van der Waals surface area (Å²) in [6.45, 7) is 1.36. The Morgan fingerprint density at radius 2 is 2.07 bits per heavy atom. The summed E-state index contributed by atoms with van der Waals surface area (Å²) >= 11 is 0. The summed E-state index contributed by atoms with van der Waals surface area (Å²) in [5, 5.41) is 9.32. The molecule has 6 heteroatoms. The molecule has 84 valence electrons. The molecule has 1 aliphatic rings. The average Bonchev–Trinajstić information content (AvgIpc) is 2.46. The monoisotopic (exact) mass is 214 g/mol. The smallest absolute Gasteiger partial charge is 0.240 e. The van der Waals surface area contributed by atoms with E-state index in [1.54, 1.807) is 0 Å². The van der Waals surface area contributed by atoms with Gasteiger partial charge >= 0.3 is 0 Å². The molecular weight excluding hydrogens is 200 g/mol. The van der Waals surface area contributed by atoms with E-state index < -0.39 is 24.0 Å². The zero-order valence-electron chi connectivity index (χ0n) is 8.47. The van der Waals surface area contributed by atoms with Crippen LogP contribution in [0, 0.1) is 0 Å². The fraction of sp³-hybridized carbons (Fsp3) is 0.667. The van der Waals surface area contributed by atoms with E-state index in [-0.39, 0.29) is 25.2 Å². The number of carbonyl (C=O) groups excluding carboxylic acids is 3. The van der Waals surface area contributed by atoms with E-state index >= 15 is 0 Å². The van der Waals surface area contributed by atoms with E-state index in [0.717, 1.165) is 0 Å². The lowest BCUT2D eigenvalue weighted by Gasteiger charge is -2.21. The van der Waals surface area contributed by atoms with E-state index in [2.05, 4.69) is 0 Å². The molecule has 3 N–H and O–H groups in total. The maximum Gasteiger partial charge on any atom is 0.240 e. The van der Waals surface area contributed by atoms with E-state index in [9.17, 15) is 19.5 Å². The summed E-state index contributed by atoms with van der Waals surface area (Å²) in [6.07, 6.45) is -0.839. The Labute approximate surface area is 87.0 Å². The normalized spacial score (nSPS) is 25.3. The number of primary amides is 1. The van der Waals surface area contributed by atoms with Crippen LogP contribution in [0.1, 0.15) is 19.8 Å². The lowest BCUT2D eigenvalue weighted by Crippen LogP contribution is -2.44. The highest BCUT2D eigenvalue weighted by atomic mass is 16.3. The molecule has 2 unspecified atom stereocenters. The summed E-state index contributed by atoms with van der Waals surface area (Å²) in [5.41, 5.74) is 5.09. The Morgan fingerprint density at radius 1 is 1.47 bits per heavy atom. The zero-order valence-corrected chi connectivity index (χ0v) is 8.47. The average molecular weight is 214 g/mol. The topological polar surface area (TPSA) is 101 Å². The third-order valence-corrected chi connectivity index (χ3v) is 2.33. The first-order valence-electron chi connectivity index (χ1n) is 4.68. The molecule has 2 atom stereocenters. The maximum atomic E-state index is 11.5. The van der Waals surface area contributed by atoms with Gasteiger partial charge < -0.3 is 15.7 Å². The van der Waals surface area contributed by atoms with Gasteiger partial charge in [0.15, 0.2) is 0 Å². The minimum absolute atomic E-state index is 0.0692. The van der Waals surface area contributed by atoms with Gasteiger partial charge in [-0.1, -0.05) is 0 Å². The summed E-state index contributed by atoms with van der Waals surface area (Å²) in [5.74, 6) is -1.38.